The van der Waals surface area contributed by atoms with E-state index in [1.807, 2.05) is 24.1 Å². The quantitative estimate of drug-likeness (QED) is 0.811. The summed E-state index contributed by atoms with van der Waals surface area (Å²) in [7, 11) is 1.93. The van der Waals surface area contributed by atoms with Gasteiger partial charge in [-0.2, -0.15) is 5.10 Å². The van der Waals surface area contributed by atoms with E-state index in [4.69, 9.17) is 5.73 Å². The molecule has 3 N–H and O–H groups in total. The molecular formula is C14H25N5O. The van der Waals surface area contributed by atoms with Gasteiger partial charge in [0.15, 0.2) is 0 Å². The van der Waals surface area contributed by atoms with Crippen LogP contribution in [0.5, 0.6) is 0 Å². The molecule has 0 aromatic carbocycles. The summed E-state index contributed by atoms with van der Waals surface area (Å²) >= 11 is 0. The molecule has 1 unspecified atom stereocenters. The fourth-order valence-corrected chi connectivity index (χ4v) is 2.86. The van der Waals surface area contributed by atoms with Gasteiger partial charge < -0.3 is 11.1 Å². The summed E-state index contributed by atoms with van der Waals surface area (Å²) in [5, 5.41) is 7.14. The standard InChI is InChI=1S/C14H25N5O/c1-11(20)16-8-12-3-5-19(6-4-12)14(7-15)13-9-17-18(2)10-13/h9-10,12,14H,3-8,15H2,1-2H3,(H,16,20). The smallest absolute Gasteiger partial charge is 0.216 e. The zero-order valence-electron chi connectivity index (χ0n) is 12.4. The van der Waals surface area contributed by atoms with Crippen molar-refractivity contribution in [3.05, 3.63) is 18.0 Å². The summed E-state index contributed by atoms with van der Waals surface area (Å²) in [6, 6.07) is 0.255. The van der Waals surface area contributed by atoms with Crippen LogP contribution in [-0.2, 0) is 11.8 Å². The number of hydrogen-bond acceptors (Lipinski definition) is 4. The van der Waals surface area contributed by atoms with Gasteiger partial charge in [-0.15, -0.1) is 0 Å². The van der Waals surface area contributed by atoms with Gasteiger partial charge in [-0.25, -0.2) is 0 Å². The Labute approximate surface area is 120 Å². The van der Waals surface area contributed by atoms with Gasteiger partial charge in [-0.1, -0.05) is 0 Å². The highest BCUT2D eigenvalue weighted by Crippen LogP contribution is 2.25. The number of hydrogen-bond donors (Lipinski definition) is 2. The molecule has 0 saturated carbocycles. The molecule has 0 radical (unpaired) electrons. The Kier molecular flexibility index (Phi) is 5.14. The number of nitrogens with two attached hydrogens (primary N) is 1. The van der Waals surface area contributed by atoms with E-state index in [0.717, 1.165) is 32.5 Å². The summed E-state index contributed by atoms with van der Waals surface area (Å²) in [6.07, 6.45) is 6.16. The maximum atomic E-state index is 10.9. The van der Waals surface area contributed by atoms with Crippen LogP contribution in [-0.4, -0.2) is 46.8 Å². The average Bonchev–Trinajstić information content (AvgIpc) is 2.85. The highest BCUT2D eigenvalue weighted by atomic mass is 16.1. The molecule has 0 bridgehead atoms. The van der Waals surface area contributed by atoms with Crippen LogP contribution in [0.15, 0.2) is 12.4 Å². The lowest BCUT2D eigenvalue weighted by Gasteiger charge is -2.36. The molecule has 1 aliphatic rings. The Morgan fingerprint density at radius 3 is 2.75 bits per heavy atom. The number of rotatable bonds is 5. The SMILES string of the molecule is CC(=O)NCC1CCN(C(CN)c2cnn(C)c2)CC1. The molecule has 1 amide bonds. The van der Waals surface area contributed by atoms with Gasteiger partial charge in [-0.05, 0) is 31.8 Å². The predicted octanol–water partition coefficient (Wildman–Crippen LogP) is 0.268. The van der Waals surface area contributed by atoms with Gasteiger partial charge >= 0.3 is 0 Å². The number of carbonyl (C=O) groups excluding carboxylic acids is 1. The molecule has 1 aliphatic heterocycles. The molecule has 0 aliphatic carbocycles. The third-order valence-electron chi connectivity index (χ3n) is 4.06. The number of aromatic nitrogens is 2. The van der Waals surface area contributed by atoms with Crippen molar-refractivity contribution in [3.8, 4) is 0 Å². The molecule has 20 heavy (non-hydrogen) atoms. The predicted molar refractivity (Wildman–Crippen MR) is 78.0 cm³/mol. The second kappa shape index (κ2) is 6.85. The molecule has 2 rings (SSSR count). The maximum absolute atomic E-state index is 10.9. The Balaban J connectivity index is 1.87. The Morgan fingerprint density at radius 1 is 1.55 bits per heavy atom. The zero-order valence-corrected chi connectivity index (χ0v) is 12.4. The molecule has 2 heterocycles. The first-order chi connectivity index (χ1) is 9.60. The van der Waals surface area contributed by atoms with Crippen molar-refractivity contribution < 1.29 is 4.79 Å². The lowest BCUT2D eigenvalue weighted by molar-refractivity contribution is -0.119. The van der Waals surface area contributed by atoms with Crippen molar-refractivity contribution >= 4 is 5.91 Å². The molecule has 112 valence electrons. The zero-order chi connectivity index (χ0) is 14.5. The summed E-state index contributed by atoms with van der Waals surface area (Å²) in [5.74, 6) is 0.644. The van der Waals surface area contributed by atoms with Gasteiger partial charge in [0.05, 0.1) is 12.2 Å². The average molecular weight is 279 g/mol. The second-order valence-corrected chi connectivity index (χ2v) is 5.62. The van der Waals surface area contributed by atoms with Crippen molar-refractivity contribution in [2.45, 2.75) is 25.8 Å². The number of likely N-dealkylation sites (tertiary alicyclic amines) is 1. The highest BCUT2D eigenvalue weighted by molar-refractivity contribution is 5.72. The number of aryl methyl sites for hydroxylation is 1. The second-order valence-electron chi connectivity index (χ2n) is 5.62. The van der Waals surface area contributed by atoms with Crippen LogP contribution in [0.1, 0.15) is 31.4 Å². The lowest BCUT2D eigenvalue weighted by Crippen LogP contribution is -2.42. The minimum atomic E-state index is 0.0580. The van der Waals surface area contributed by atoms with Gasteiger partial charge in [0, 0.05) is 38.8 Å². The number of nitrogens with zero attached hydrogens (tertiary/aromatic N) is 3. The first-order valence-electron chi connectivity index (χ1n) is 7.27. The minimum Gasteiger partial charge on any atom is -0.356 e. The largest absolute Gasteiger partial charge is 0.356 e. The maximum Gasteiger partial charge on any atom is 0.216 e. The van der Waals surface area contributed by atoms with Gasteiger partial charge in [0.1, 0.15) is 0 Å². The fraction of sp³-hybridized carbons (Fsp3) is 0.714. The van der Waals surface area contributed by atoms with E-state index in [1.54, 1.807) is 6.92 Å². The first-order valence-corrected chi connectivity index (χ1v) is 7.27. The van der Waals surface area contributed by atoms with Crippen LogP contribution in [0.2, 0.25) is 0 Å². The molecule has 1 fully saturated rings. The van der Waals surface area contributed by atoms with Crippen LogP contribution < -0.4 is 11.1 Å². The van der Waals surface area contributed by atoms with Crippen LogP contribution in [0.25, 0.3) is 0 Å². The Morgan fingerprint density at radius 2 is 2.25 bits per heavy atom. The third-order valence-corrected chi connectivity index (χ3v) is 4.06. The van der Waals surface area contributed by atoms with Crippen LogP contribution in [0.4, 0.5) is 0 Å². The molecule has 1 aromatic heterocycles. The monoisotopic (exact) mass is 279 g/mol. The normalized spacial score (nSPS) is 18.9. The van der Waals surface area contributed by atoms with Crippen LogP contribution in [0, 0.1) is 5.92 Å². The summed E-state index contributed by atoms with van der Waals surface area (Å²) in [6.45, 7) is 5.04. The third kappa shape index (κ3) is 3.80. The van der Waals surface area contributed by atoms with E-state index in [9.17, 15) is 4.79 Å². The van der Waals surface area contributed by atoms with E-state index >= 15 is 0 Å². The Hall–Kier alpha value is -1.40. The van der Waals surface area contributed by atoms with E-state index in [0.29, 0.717) is 12.5 Å². The van der Waals surface area contributed by atoms with E-state index in [2.05, 4.69) is 15.3 Å². The molecule has 1 saturated heterocycles. The fourth-order valence-electron chi connectivity index (χ4n) is 2.86. The van der Waals surface area contributed by atoms with Crippen molar-refractivity contribution in [2.24, 2.45) is 18.7 Å². The summed E-state index contributed by atoms with van der Waals surface area (Å²) < 4.78 is 1.82. The lowest BCUT2D eigenvalue weighted by atomic mass is 9.94. The highest BCUT2D eigenvalue weighted by Gasteiger charge is 2.26. The van der Waals surface area contributed by atoms with E-state index in [1.165, 1.54) is 5.56 Å². The molecule has 1 atom stereocenters. The minimum absolute atomic E-state index is 0.0580. The Bertz CT molecular complexity index is 437. The van der Waals surface area contributed by atoms with Crippen molar-refractivity contribution in [3.63, 3.8) is 0 Å². The van der Waals surface area contributed by atoms with Gasteiger partial charge in [0.25, 0.3) is 0 Å². The molecule has 0 spiro atoms. The number of nitrogens with one attached hydrogen (secondary N) is 1. The molecule has 1 aromatic rings. The van der Waals surface area contributed by atoms with Crippen LogP contribution in [0.3, 0.4) is 0 Å². The molecular weight excluding hydrogens is 254 g/mol. The van der Waals surface area contributed by atoms with E-state index < -0.39 is 0 Å². The number of carbonyl (C=O) groups is 1. The first kappa shape index (κ1) is 15.0. The summed E-state index contributed by atoms with van der Waals surface area (Å²) in [4.78, 5) is 13.4. The topological polar surface area (TPSA) is 76.2 Å². The number of piperidine rings is 1. The van der Waals surface area contributed by atoms with Crippen molar-refractivity contribution in [1.29, 1.82) is 0 Å². The van der Waals surface area contributed by atoms with Crippen molar-refractivity contribution in [2.75, 3.05) is 26.2 Å². The molecule has 6 nitrogen and oxygen atoms in total. The summed E-state index contributed by atoms with van der Waals surface area (Å²) in [5.41, 5.74) is 7.13. The van der Waals surface area contributed by atoms with E-state index in [-0.39, 0.29) is 11.9 Å². The van der Waals surface area contributed by atoms with Crippen LogP contribution >= 0.6 is 0 Å². The van der Waals surface area contributed by atoms with Gasteiger partial charge in [-0.3, -0.25) is 14.4 Å². The van der Waals surface area contributed by atoms with Crippen molar-refractivity contribution in [1.82, 2.24) is 20.0 Å². The number of amides is 1. The van der Waals surface area contributed by atoms with Gasteiger partial charge in [0.2, 0.25) is 5.91 Å². The molecule has 6 heteroatoms.